The molecule has 1 aliphatic rings. The topological polar surface area (TPSA) is 34.1 Å². The van der Waals surface area contributed by atoms with E-state index in [9.17, 15) is 0 Å². The molecular formula is C10H13ClN2OS2. The minimum atomic E-state index is -0.228. The molecule has 0 amide bonds. The van der Waals surface area contributed by atoms with Crippen LogP contribution in [0.15, 0.2) is 11.1 Å². The van der Waals surface area contributed by atoms with Crippen LogP contribution in [0.2, 0.25) is 4.34 Å². The molecule has 0 spiro atoms. The predicted octanol–water partition coefficient (Wildman–Crippen LogP) is 3.49. The molecule has 0 aromatic carbocycles. The van der Waals surface area contributed by atoms with Crippen LogP contribution in [0, 0.1) is 6.92 Å². The Morgan fingerprint density at radius 2 is 2.38 bits per heavy atom. The number of aryl methyl sites for hydroxylation is 1. The maximum atomic E-state index is 6.06. The molecule has 1 N–H and O–H groups in total. The van der Waals surface area contributed by atoms with Crippen molar-refractivity contribution in [3.05, 3.63) is 26.7 Å². The first kappa shape index (κ1) is 12.2. The van der Waals surface area contributed by atoms with Crippen molar-refractivity contribution >= 4 is 34.9 Å². The molecule has 0 bridgehead atoms. The second-order valence-electron chi connectivity index (χ2n) is 4.13. The van der Waals surface area contributed by atoms with Gasteiger partial charge in [-0.05, 0) is 38.4 Å². The summed E-state index contributed by atoms with van der Waals surface area (Å²) < 4.78 is 5.00. The van der Waals surface area contributed by atoms with Crippen LogP contribution in [0.1, 0.15) is 25.1 Å². The normalized spacial score (nSPS) is 18.4. The second kappa shape index (κ2) is 4.56. The monoisotopic (exact) mass is 276 g/mol. The Balaban J connectivity index is 1.99. The van der Waals surface area contributed by atoms with E-state index in [2.05, 4.69) is 15.9 Å². The van der Waals surface area contributed by atoms with Gasteiger partial charge in [-0.1, -0.05) is 11.6 Å². The number of nitrogens with one attached hydrogen (secondary N) is 1. The number of rotatable bonds is 3. The van der Waals surface area contributed by atoms with Gasteiger partial charge in [-0.3, -0.25) is 10.3 Å². The van der Waals surface area contributed by atoms with Gasteiger partial charge < -0.3 is 0 Å². The van der Waals surface area contributed by atoms with Gasteiger partial charge in [0.25, 0.3) is 0 Å². The average Bonchev–Trinajstić information content (AvgIpc) is 2.69. The molecule has 6 heteroatoms. The largest absolute Gasteiger partial charge is 0.265 e. The van der Waals surface area contributed by atoms with Crippen LogP contribution in [-0.2, 0) is 10.6 Å². The number of hydrogen-bond acceptors (Lipinski definition) is 5. The molecule has 3 nitrogen and oxygen atoms in total. The van der Waals surface area contributed by atoms with Crippen LogP contribution < -0.4 is 5.48 Å². The van der Waals surface area contributed by atoms with Crippen LogP contribution >= 0.6 is 34.9 Å². The van der Waals surface area contributed by atoms with Crippen molar-refractivity contribution in [1.29, 1.82) is 0 Å². The van der Waals surface area contributed by atoms with E-state index in [0.717, 1.165) is 26.4 Å². The fourth-order valence-corrected chi connectivity index (χ4v) is 3.56. The lowest BCUT2D eigenvalue weighted by Crippen LogP contribution is -2.20. The molecule has 88 valence electrons. The lowest BCUT2D eigenvalue weighted by molar-refractivity contribution is -0.0126. The van der Waals surface area contributed by atoms with Crippen molar-refractivity contribution in [2.45, 2.75) is 32.1 Å². The van der Waals surface area contributed by atoms with Gasteiger partial charge in [-0.15, -0.1) is 11.8 Å². The van der Waals surface area contributed by atoms with Crippen molar-refractivity contribution in [3.8, 4) is 0 Å². The highest BCUT2D eigenvalue weighted by molar-refractivity contribution is 8.02. The van der Waals surface area contributed by atoms with Gasteiger partial charge >= 0.3 is 0 Å². The van der Waals surface area contributed by atoms with Crippen molar-refractivity contribution in [3.63, 3.8) is 0 Å². The Hall–Kier alpha value is -0.230. The first-order valence-corrected chi connectivity index (χ1v) is 7.02. The third-order valence-corrected chi connectivity index (χ3v) is 4.35. The van der Waals surface area contributed by atoms with Crippen LogP contribution in [-0.4, -0.2) is 9.97 Å². The van der Waals surface area contributed by atoms with Gasteiger partial charge in [0, 0.05) is 11.3 Å². The molecule has 0 atom stereocenters. The van der Waals surface area contributed by atoms with Crippen molar-refractivity contribution < 1.29 is 4.84 Å². The van der Waals surface area contributed by atoms with Gasteiger partial charge in [0.1, 0.15) is 9.94 Å². The minimum absolute atomic E-state index is 0.228. The third-order valence-electron chi connectivity index (χ3n) is 2.20. The molecular weight excluding hydrogens is 264 g/mol. The zero-order valence-electron chi connectivity index (χ0n) is 9.33. The highest BCUT2D eigenvalue weighted by atomic mass is 35.5. The second-order valence-corrected chi connectivity index (χ2v) is 6.52. The number of thioether (sulfide) groups is 1. The summed E-state index contributed by atoms with van der Waals surface area (Å²) in [6.45, 7) is 6.00. The molecule has 16 heavy (non-hydrogen) atoms. The molecule has 1 aromatic heterocycles. The molecule has 2 rings (SSSR count). The summed E-state index contributed by atoms with van der Waals surface area (Å²) in [4.78, 5) is 5.37. The number of aromatic nitrogens is 1. The maximum Gasteiger partial charge on any atom is 0.118 e. The first-order valence-electron chi connectivity index (χ1n) is 4.88. The summed E-state index contributed by atoms with van der Waals surface area (Å²) in [7, 11) is 0. The van der Waals surface area contributed by atoms with E-state index in [-0.39, 0.29) is 5.60 Å². The van der Waals surface area contributed by atoms with E-state index in [4.69, 9.17) is 16.4 Å². The van der Waals surface area contributed by atoms with Crippen LogP contribution in [0.25, 0.3) is 0 Å². The molecule has 0 saturated heterocycles. The number of hydrogen-bond donors (Lipinski definition) is 1. The summed E-state index contributed by atoms with van der Waals surface area (Å²) >= 11 is 9.08. The minimum Gasteiger partial charge on any atom is -0.265 e. The van der Waals surface area contributed by atoms with Crippen LogP contribution in [0.4, 0.5) is 0 Å². The Morgan fingerprint density at radius 3 is 2.88 bits per heavy atom. The summed E-state index contributed by atoms with van der Waals surface area (Å²) in [5.41, 5.74) is 4.81. The summed E-state index contributed by atoms with van der Waals surface area (Å²) in [5, 5.41) is 1.03. The van der Waals surface area contributed by atoms with E-state index in [0.29, 0.717) is 0 Å². The van der Waals surface area contributed by atoms with E-state index in [1.54, 1.807) is 11.8 Å². The van der Waals surface area contributed by atoms with E-state index in [1.165, 1.54) is 11.5 Å². The van der Waals surface area contributed by atoms with Gasteiger partial charge in [0.05, 0.1) is 10.7 Å². The Kier molecular flexibility index (Phi) is 3.49. The molecule has 0 unspecified atom stereocenters. The smallest absolute Gasteiger partial charge is 0.118 e. The van der Waals surface area contributed by atoms with Crippen LogP contribution in [0.3, 0.4) is 0 Å². The average molecular weight is 277 g/mol. The predicted molar refractivity (Wildman–Crippen MR) is 69.5 cm³/mol. The fourth-order valence-electron chi connectivity index (χ4n) is 1.30. The van der Waals surface area contributed by atoms with Gasteiger partial charge in [-0.25, -0.2) is 0 Å². The number of nitrogens with zero attached hydrogens (tertiary/aromatic N) is 1. The van der Waals surface area contributed by atoms with Gasteiger partial charge in [0.2, 0.25) is 0 Å². The highest BCUT2D eigenvalue weighted by Crippen LogP contribution is 2.32. The Bertz CT molecular complexity index is 409. The molecule has 0 radical (unpaired) electrons. The van der Waals surface area contributed by atoms with Crippen molar-refractivity contribution in [1.82, 2.24) is 9.85 Å². The molecule has 0 saturated carbocycles. The molecule has 1 aliphatic heterocycles. The van der Waals surface area contributed by atoms with Crippen LogP contribution in [0.5, 0.6) is 0 Å². The Labute approximate surface area is 108 Å². The summed E-state index contributed by atoms with van der Waals surface area (Å²) in [5.74, 6) is 0.819. The van der Waals surface area contributed by atoms with Gasteiger partial charge in [0.15, 0.2) is 0 Å². The lowest BCUT2D eigenvalue weighted by Gasteiger charge is -2.11. The van der Waals surface area contributed by atoms with Crippen molar-refractivity contribution in [2.24, 2.45) is 0 Å². The zero-order valence-corrected chi connectivity index (χ0v) is 11.7. The summed E-state index contributed by atoms with van der Waals surface area (Å²) in [6, 6.07) is 0. The fraction of sp³-hybridized carbons (Fsp3) is 0.500. The maximum absolute atomic E-state index is 6.06. The highest BCUT2D eigenvalue weighted by Gasteiger charge is 2.24. The molecule has 1 aromatic rings. The quantitative estimate of drug-likeness (QED) is 0.916. The van der Waals surface area contributed by atoms with E-state index in [1.807, 2.05) is 20.8 Å². The molecule has 0 fully saturated rings. The SMILES string of the molecule is Cc1nsc(Cl)c1CSC1=CC(C)(C)ON1. The van der Waals surface area contributed by atoms with E-state index >= 15 is 0 Å². The first-order chi connectivity index (χ1) is 7.48. The zero-order chi connectivity index (χ0) is 11.8. The molecule has 2 heterocycles. The number of hydroxylamine groups is 1. The lowest BCUT2D eigenvalue weighted by atomic mass is 10.1. The van der Waals surface area contributed by atoms with Gasteiger partial charge in [-0.2, -0.15) is 4.37 Å². The summed E-state index contributed by atoms with van der Waals surface area (Å²) in [6.07, 6.45) is 2.07. The Morgan fingerprint density at radius 1 is 1.62 bits per heavy atom. The standard InChI is InChI=1S/C10H13ClN2OS2/c1-6-7(9(11)16-13-6)5-15-8-4-10(2,3)14-12-8/h4,12H,5H2,1-3H3. The van der Waals surface area contributed by atoms with Crippen molar-refractivity contribution in [2.75, 3.05) is 0 Å². The number of halogens is 1. The third kappa shape index (κ3) is 2.71. The van der Waals surface area contributed by atoms with E-state index < -0.39 is 0 Å². The molecule has 0 aliphatic carbocycles.